The molecular formula is C9H18N2. The molecule has 0 aliphatic rings. The molecule has 0 heterocycles. The molecule has 0 bridgehead atoms. The van der Waals surface area contributed by atoms with Gasteiger partial charge in [-0.25, -0.2) is 0 Å². The molecule has 0 amide bonds. The lowest BCUT2D eigenvalue weighted by molar-refractivity contribution is 0.641. The molecule has 2 heteroatoms. The normalized spacial score (nSPS) is 15.5. The molecule has 11 heavy (non-hydrogen) atoms. The van der Waals surface area contributed by atoms with E-state index in [9.17, 15) is 0 Å². The zero-order valence-corrected chi connectivity index (χ0v) is 7.65. The summed E-state index contributed by atoms with van der Waals surface area (Å²) in [5.74, 6) is 0.409. The number of rotatable bonds is 4. The Kier molecular flexibility index (Phi) is 4.59. The van der Waals surface area contributed by atoms with Gasteiger partial charge < -0.3 is 11.1 Å². The lowest BCUT2D eigenvalue weighted by Gasteiger charge is -2.11. The fourth-order valence-electron chi connectivity index (χ4n) is 0.926. The minimum Gasteiger partial charge on any atom is -0.402 e. The van der Waals surface area contributed by atoms with Crippen molar-refractivity contribution in [1.29, 1.82) is 5.41 Å². The Bertz CT molecular complexity index is 159. The van der Waals surface area contributed by atoms with Crippen LogP contribution in [0, 0.1) is 11.3 Å². The molecule has 1 atom stereocenters. The second-order valence-electron chi connectivity index (χ2n) is 2.79. The van der Waals surface area contributed by atoms with Gasteiger partial charge in [0, 0.05) is 11.9 Å². The molecule has 0 aromatic carbocycles. The summed E-state index contributed by atoms with van der Waals surface area (Å²) in [6.45, 7) is 6.22. The molecule has 0 spiro atoms. The second-order valence-corrected chi connectivity index (χ2v) is 2.79. The molecule has 0 aromatic heterocycles. The SMILES string of the molecule is CC/C(C=N)=C(/N)C(C)CC. The smallest absolute Gasteiger partial charge is 0.0227 e. The maximum atomic E-state index is 7.10. The van der Waals surface area contributed by atoms with Crippen molar-refractivity contribution in [3.05, 3.63) is 11.3 Å². The first-order valence-electron chi connectivity index (χ1n) is 4.16. The van der Waals surface area contributed by atoms with E-state index in [-0.39, 0.29) is 0 Å². The van der Waals surface area contributed by atoms with E-state index >= 15 is 0 Å². The predicted octanol–water partition coefficient (Wildman–Crippen LogP) is 2.30. The Labute approximate surface area is 69.0 Å². The summed E-state index contributed by atoms with van der Waals surface area (Å²) in [6.07, 6.45) is 3.27. The van der Waals surface area contributed by atoms with Gasteiger partial charge >= 0.3 is 0 Å². The standard InChI is InChI=1S/C9H18N2/c1-4-7(3)9(11)8(5-2)6-10/h6-7,10H,4-5,11H2,1-3H3/b9-8-,10-6?. The minimum atomic E-state index is 0.409. The number of nitrogens with one attached hydrogen (secondary N) is 1. The predicted molar refractivity (Wildman–Crippen MR) is 49.7 cm³/mol. The van der Waals surface area contributed by atoms with Gasteiger partial charge in [0.15, 0.2) is 0 Å². The summed E-state index contributed by atoms with van der Waals surface area (Å²) in [5.41, 5.74) is 7.67. The van der Waals surface area contributed by atoms with E-state index in [1.54, 1.807) is 0 Å². The molecule has 0 fully saturated rings. The van der Waals surface area contributed by atoms with E-state index in [0.29, 0.717) is 5.92 Å². The van der Waals surface area contributed by atoms with E-state index < -0.39 is 0 Å². The third-order valence-electron chi connectivity index (χ3n) is 2.07. The van der Waals surface area contributed by atoms with Gasteiger partial charge in [0.1, 0.15) is 0 Å². The van der Waals surface area contributed by atoms with Crippen molar-refractivity contribution in [3.63, 3.8) is 0 Å². The topological polar surface area (TPSA) is 49.9 Å². The van der Waals surface area contributed by atoms with Gasteiger partial charge in [-0.15, -0.1) is 0 Å². The van der Waals surface area contributed by atoms with E-state index in [2.05, 4.69) is 13.8 Å². The van der Waals surface area contributed by atoms with Gasteiger partial charge in [0.05, 0.1) is 0 Å². The lowest BCUT2D eigenvalue weighted by atomic mass is 10.00. The highest BCUT2D eigenvalue weighted by molar-refractivity contribution is 5.76. The Balaban J connectivity index is 4.45. The average Bonchev–Trinajstić information content (AvgIpc) is 2.05. The quantitative estimate of drug-likeness (QED) is 0.600. The fraction of sp³-hybridized carbons (Fsp3) is 0.667. The van der Waals surface area contributed by atoms with Gasteiger partial charge in [-0.1, -0.05) is 20.8 Å². The molecule has 64 valence electrons. The third kappa shape index (κ3) is 2.74. The highest BCUT2D eigenvalue weighted by atomic mass is 14.6. The lowest BCUT2D eigenvalue weighted by Crippen LogP contribution is -2.11. The van der Waals surface area contributed by atoms with Crippen LogP contribution in [0.25, 0.3) is 0 Å². The van der Waals surface area contributed by atoms with Gasteiger partial charge in [-0.2, -0.15) is 0 Å². The molecule has 0 aliphatic heterocycles. The summed E-state index contributed by atoms with van der Waals surface area (Å²) in [4.78, 5) is 0. The van der Waals surface area contributed by atoms with Crippen LogP contribution in [-0.4, -0.2) is 6.21 Å². The Morgan fingerprint density at radius 1 is 1.55 bits per heavy atom. The molecule has 0 rings (SSSR count). The number of hydrogen-bond acceptors (Lipinski definition) is 2. The zero-order valence-electron chi connectivity index (χ0n) is 7.65. The van der Waals surface area contributed by atoms with Crippen LogP contribution in [0.2, 0.25) is 0 Å². The first-order valence-corrected chi connectivity index (χ1v) is 4.16. The Morgan fingerprint density at radius 3 is 2.36 bits per heavy atom. The van der Waals surface area contributed by atoms with Crippen molar-refractivity contribution in [2.24, 2.45) is 11.7 Å². The first kappa shape index (κ1) is 10.2. The molecular weight excluding hydrogens is 136 g/mol. The molecule has 0 radical (unpaired) electrons. The van der Waals surface area contributed by atoms with Crippen LogP contribution >= 0.6 is 0 Å². The van der Waals surface area contributed by atoms with E-state index in [1.165, 1.54) is 6.21 Å². The van der Waals surface area contributed by atoms with E-state index in [1.807, 2.05) is 6.92 Å². The fourth-order valence-corrected chi connectivity index (χ4v) is 0.926. The van der Waals surface area contributed by atoms with Crippen LogP contribution in [0.5, 0.6) is 0 Å². The third-order valence-corrected chi connectivity index (χ3v) is 2.07. The largest absolute Gasteiger partial charge is 0.402 e. The van der Waals surface area contributed by atoms with Gasteiger partial charge in [0.25, 0.3) is 0 Å². The highest BCUT2D eigenvalue weighted by Crippen LogP contribution is 2.13. The van der Waals surface area contributed by atoms with Gasteiger partial charge in [-0.05, 0) is 24.3 Å². The maximum absolute atomic E-state index is 7.10. The molecule has 0 saturated carbocycles. The minimum absolute atomic E-state index is 0.409. The molecule has 0 aromatic rings. The van der Waals surface area contributed by atoms with Crippen LogP contribution < -0.4 is 5.73 Å². The molecule has 3 N–H and O–H groups in total. The van der Waals surface area contributed by atoms with Crippen molar-refractivity contribution in [3.8, 4) is 0 Å². The summed E-state index contributed by atoms with van der Waals surface area (Å²) in [6, 6.07) is 0. The van der Waals surface area contributed by atoms with Gasteiger partial charge in [-0.3, -0.25) is 0 Å². The van der Waals surface area contributed by atoms with E-state index in [0.717, 1.165) is 24.1 Å². The first-order chi connectivity index (χ1) is 5.17. The highest BCUT2D eigenvalue weighted by Gasteiger charge is 2.05. The Hall–Kier alpha value is -0.790. The van der Waals surface area contributed by atoms with Crippen LogP contribution in [0.3, 0.4) is 0 Å². The van der Waals surface area contributed by atoms with Crippen LogP contribution in [0.15, 0.2) is 11.3 Å². The van der Waals surface area contributed by atoms with Crippen LogP contribution in [-0.2, 0) is 0 Å². The monoisotopic (exact) mass is 154 g/mol. The zero-order chi connectivity index (χ0) is 8.85. The second kappa shape index (κ2) is 4.94. The number of allylic oxidation sites excluding steroid dienone is 2. The summed E-state index contributed by atoms with van der Waals surface area (Å²) in [5, 5.41) is 7.10. The van der Waals surface area contributed by atoms with Crippen molar-refractivity contribution in [1.82, 2.24) is 0 Å². The van der Waals surface area contributed by atoms with Gasteiger partial charge in [0.2, 0.25) is 0 Å². The van der Waals surface area contributed by atoms with Crippen molar-refractivity contribution < 1.29 is 0 Å². The average molecular weight is 154 g/mol. The number of nitrogens with two attached hydrogens (primary N) is 1. The van der Waals surface area contributed by atoms with Crippen LogP contribution in [0.1, 0.15) is 33.6 Å². The summed E-state index contributed by atoms with van der Waals surface area (Å²) >= 11 is 0. The molecule has 1 unspecified atom stereocenters. The molecule has 0 saturated heterocycles. The number of hydrogen-bond donors (Lipinski definition) is 2. The van der Waals surface area contributed by atoms with Crippen molar-refractivity contribution >= 4 is 6.21 Å². The van der Waals surface area contributed by atoms with Crippen LogP contribution in [0.4, 0.5) is 0 Å². The van der Waals surface area contributed by atoms with E-state index in [4.69, 9.17) is 11.1 Å². The molecule has 2 nitrogen and oxygen atoms in total. The van der Waals surface area contributed by atoms with Crippen molar-refractivity contribution in [2.75, 3.05) is 0 Å². The summed E-state index contributed by atoms with van der Waals surface area (Å²) < 4.78 is 0. The maximum Gasteiger partial charge on any atom is 0.0227 e. The van der Waals surface area contributed by atoms with Crippen molar-refractivity contribution in [2.45, 2.75) is 33.6 Å². The Morgan fingerprint density at radius 2 is 2.09 bits per heavy atom. The summed E-state index contributed by atoms with van der Waals surface area (Å²) in [7, 11) is 0. The molecule has 0 aliphatic carbocycles.